The first kappa shape index (κ1) is 15.1. The van der Waals surface area contributed by atoms with Crippen LogP contribution in [0.1, 0.15) is 68.8 Å². The zero-order chi connectivity index (χ0) is 14.8. The molecule has 2 heteroatoms. The highest BCUT2D eigenvalue weighted by atomic mass is 16.2. The van der Waals surface area contributed by atoms with E-state index in [0.717, 1.165) is 18.4 Å². The van der Waals surface area contributed by atoms with Gasteiger partial charge in [0.15, 0.2) is 0 Å². The molecule has 0 atom stereocenters. The Bertz CT molecular complexity index is 449. The Morgan fingerprint density at radius 2 is 1.60 bits per heavy atom. The van der Waals surface area contributed by atoms with E-state index in [4.69, 9.17) is 0 Å². The van der Waals surface area contributed by atoms with Crippen LogP contribution >= 0.6 is 0 Å². The molecule has 0 N–H and O–H groups in total. The summed E-state index contributed by atoms with van der Waals surface area (Å²) in [7, 11) is 1.95. The van der Waals surface area contributed by atoms with E-state index in [-0.39, 0.29) is 11.3 Å². The molecule has 0 heterocycles. The van der Waals surface area contributed by atoms with Gasteiger partial charge in [0, 0.05) is 18.7 Å². The van der Waals surface area contributed by atoms with Crippen molar-refractivity contribution in [2.75, 3.05) is 7.05 Å². The molecule has 0 aromatic heterocycles. The first-order valence-electron chi connectivity index (χ1n) is 7.77. The van der Waals surface area contributed by atoms with Crippen molar-refractivity contribution in [3.05, 3.63) is 35.4 Å². The summed E-state index contributed by atoms with van der Waals surface area (Å²) in [6.45, 7) is 6.58. The lowest BCUT2D eigenvalue weighted by molar-refractivity contribution is 0.0696. The smallest absolute Gasteiger partial charge is 0.253 e. The van der Waals surface area contributed by atoms with Crippen molar-refractivity contribution in [1.82, 2.24) is 4.90 Å². The predicted octanol–water partition coefficient (Wildman–Crippen LogP) is 4.39. The fourth-order valence-corrected chi connectivity index (χ4v) is 2.95. The molecule has 1 fully saturated rings. The minimum absolute atomic E-state index is 0.136. The molecule has 0 spiro atoms. The number of hydrogen-bond acceptors (Lipinski definition) is 1. The van der Waals surface area contributed by atoms with E-state index in [0.29, 0.717) is 6.04 Å². The first-order chi connectivity index (χ1) is 9.39. The van der Waals surface area contributed by atoms with Gasteiger partial charge >= 0.3 is 0 Å². The van der Waals surface area contributed by atoms with Crippen molar-refractivity contribution in [1.29, 1.82) is 0 Å². The average molecular weight is 273 g/mol. The van der Waals surface area contributed by atoms with Gasteiger partial charge in [-0.2, -0.15) is 0 Å². The largest absolute Gasteiger partial charge is 0.339 e. The summed E-state index contributed by atoms with van der Waals surface area (Å²) < 4.78 is 0. The van der Waals surface area contributed by atoms with E-state index < -0.39 is 0 Å². The Balaban J connectivity index is 2.08. The van der Waals surface area contributed by atoms with Gasteiger partial charge in [0.25, 0.3) is 5.91 Å². The molecular formula is C18H27NO. The average Bonchev–Trinajstić information content (AvgIpc) is 2.46. The van der Waals surface area contributed by atoms with Gasteiger partial charge in [0.1, 0.15) is 0 Å². The molecule has 0 saturated heterocycles. The zero-order valence-corrected chi connectivity index (χ0v) is 13.3. The molecule has 1 amide bonds. The van der Waals surface area contributed by atoms with Gasteiger partial charge in [-0.05, 0) is 36.0 Å². The van der Waals surface area contributed by atoms with Crippen LogP contribution in [0.2, 0.25) is 0 Å². The molecule has 2 nitrogen and oxygen atoms in total. The van der Waals surface area contributed by atoms with Crippen LogP contribution in [0.4, 0.5) is 0 Å². The van der Waals surface area contributed by atoms with Crippen LogP contribution in [-0.4, -0.2) is 23.9 Å². The van der Waals surface area contributed by atoms with Gasteiger partial charge in [-0.25, -0.2) is 0 Å². The normalized spacial score (nSPS) is 17.0. The molecule has 0 radical (unpaired) electrons. The Kier molecular flexibility index (Phi) is 4.52. The molecule has 1 aliphatic rings. The monoisotopic (exact) mass is 273 g/mol. The SMILES string of the molecule is CN(C(=O)c1ccc(C(C)(C)C)cc1)C1CCCCC1. The Morgan fingerprint density at radius 1 is 1.05 bits per heavy atom. The van der Waals surface area contributed by atoms with Crippen molar-refractivity contribution in [2.24, 2.45) is 0 Å². The lowest BCUT2D eigenvalue weighted by Crippen LogP contribution is -2.38. The van der Waals surface area contributed by atoms with E-state index in [9.17, 15) is 4.79 Å². The summed E-state index contributed by atoms with van der Waals surface area (Å²) in [6.07, 6.45) is 6.14. The van der Waals surface area contributed by atoms with Crippen molar-refractivity contribution < 1.29 is 4.79 Å². The van der Waals surface area contributed by atoms with Crippen molar-refractivity contribution in [3.63, 3.8) is 0 Å². The fourth-order valence-electron chi connectivity index (χ4n) is 2.95. The maximum absolute atomic E-state index is 12.5. The molecule has 1 aromatic carbocycles. The van der Waals surface area contributed by atoms with Crippen LogP contribution in [0.15, 0.2) is 24.3 Å². The third-order valence-corrected chi connectivity index (χ3v) is 4.44. The Labute approximate surface area is 123 Å². The Morgan fingerprint density at radius 3 is 2.10 bits per heavy atom. The molecule has 20 heavy (non-hydrogen) atoms. The van der Waals surface area contributed by atoms with Crippen LogP contribution in [-0.2, 0) is 5.41 Å². The molecule has 0 aliphatic heterocycles. The standard InChI is InChI=1S/C18H27NO/c1-18(2,3)15-12-10-14(11-13-15)17(20)19(4)16-8-6-5-7-9-16/h10-13,16H,5-9H2,1-4H3. The second-order valence-electron chi connectivity index (χ2n) is 7.04. The highest BCUT2D eigenvalue weighted by Gasteiger charge is 2.23. The molecule has 1 aromatic rings. The minimum atomic E-state index is 0.136. The number of benzene rings is 1. The third kappa shape index (κ3) is 3.41. The molecule has 1 aliphatic carbocycles. The zero-order valence-electron chi connectivity index (χ0n) is 13.3. The molecule has 110 valence electrons. The van der Waals surface area contributed by atoms with Crippen molar-refractivity contribution in [2.45, 2.75) is 64.3 Å². The van der Waals surface area contributed by atoms with E-state index in [1.165, 1.54) is 24.8 Å². The highest BCUT2D eigenvalue weighted by molar-refractivity contribution is 5.94. The van der Waals surface area contributed by atoms with Crippen LogP contribution in [0.5, 0.6) is 0 Å². The summed E-state index contributed by atoms with van der Waals surface area (Å²) in [6, 6.07) is 8.55. The molecule has 0 unspecified atom stereocenters. The van der Waals surface area contributed by atoms with Crippen LogP contribution < -0.4 is 0 Å². The van der Waals surface area contributed by atoms with Gasteiger partial charge < -0.3 is 4.90 Å². The van der Waals surface area contributed by atoms with Crippen molar-refractivity contribution in [3.8, 4) is 0 Å². The maximum Gasteiger partial charge on any atom is 0.253 e. The molecule has 1 saturated carbocycles. The molecular weight excluding hydrogens is 246 g/mol. The minimum Gasteiger partial charge on any atom is -0.339 e. The maximum atomic E-state index is 12.5. The van der Waals surface area contributed by atoms with Gasteiger partial charge in [-0.15, -0.1) is 0 Å². The first-order valence-corrected chi connectivity index (χ1v) is 7.77. The summed E-state index contributed by atoms with van der Waals surface area (Å²) >= 11 is 0. The number of carbonyl (C=O) groups excluding carboxylic acids is 1. The molecule has 2 rings (SSSR count). The number of rotatable bonds is 2. The number of hydrogen-bond donors (Lipinski definition) is 0. The predicted molar refractivity (Wildman–Crippen MR) is 84.1 cm³/mol. The van der Waals surface area contributed by atoms with Gasteiger partial charge in [-0.3, -0.25) is 4.79 Å². The van der Waals surface area contributed by atoms with E-state index >= 15 is 0 Å². The highest BCUT2D eigenvalue weighted by Crippen LogP contribution is 2.25. The number of carbonyl (C=O) groups is 1. The lowest BCUT2D eigenvalue weighted by Gasteiger charge is -2.31. The third-order valence-electron chi connectivity index (χ3n) is 4.44. The molecule has 0 bridgehead atoms. The quantitative estimate of drug-likeness (QED) is 0.782. The lowest BCUT2D eigenvalue weighted by atomic mass is 9.86. The summed E-state index contributed by atoms with van der Waals surface area (Å²) in [4.78, 5) is 14.5. The van der Waals surface area contributed by atoms with Gasteiger partial charge in [0.05, 0.1) is 0 Å². The van der Waals surface area contributed by atoms with E-state index in [2.05, 4.69) is 32.9 Å². The van der Waals surface area contributed by atoms with Crippen molar-refractivity contribution >= 4 is 5.91 Å². The Hall–Kier alpha value is -1.31. The van der Waals surface area contributed by atoms with Gasteiger partial charge in [0.2, 0.25) is 0 Å². The van der Waals surface area contributed by atoms with Crippen LogP contribution in [0.3, 0.4) is 0 Å². The fraction of sp³-hybridized carbons (Fsp3) is 0.611. The summed E-state index contributed by atoms with van der Waals surface area (Å²) in [5.74, 6) is 0.164. The van der Waals surface area contributed by atoms with Gasteiger partial charge in [-0.1, -0.05) is 52.2 Å². The second kappa shape index (κ2) is 5.99. The summed E-state index contributed by atoms with van der Waals surface area (Å²) in [5.41, 5.74) is 2.22. The second-order valence-corrected chi connectivity index (χ2v) is 7.04. The van der Waals surface area contributed by atoms with Crippen LogP contribution in [0, 0.1) is 0 Å². The number of nitrogens with zero attached hydrogens (tertiary/aromatic N) is 1. The summed E-state index contributed by atoms with van der Waals surface area (Å²) in [5, 5.41) is 0. The topological polar surface area (TPSA) is 20.3 Å². The van der Waals surface area contributed by atoms with Crippen LogP contribution in [0.25, 0.3) is 0 Å². The van der Waals surface area contributed by atoms with E-state index in [1.807, 2.05) is 24.1 Å². The number of amides is 1. The van der Waals surface area contributed by atoms with E-state index in [1.54, 1.807) is 0 Å².